The Bertz CT molecular complexity index is 315. The number of aromatic nitrogens is 2. The molecule has 0 bridgehead atoms. The van der Waals surface area contributed by atoms with Crippen LogP contribution < -0.4 is 5.32 Å². The topological polar surface area (TPSA) is 57.8 Å². The van der Waals surface area contributed by atoms with Gasteiger partial charge < -0.3 is 10.3 Å². The highest BCUT2D eigenvalue weighted by molar-refractivity contribution is 5.68. The van der Waals surface area contributed by atoms with Gasteiger partial charge in [-0.25, -0.2) is 4.98 Å². The number of rotatable bonds is 4. The molecule has 1 aliphatic rings. The van der Waals surface area contributed by atoms with Crippen molar-refractivity contribution in [2.45, 2.75) is 25.7 Å². The minimum absolute atomic E-state index is 0.440. The Labute approximate surface area is 89.5 Å². The molecular weight excluding hydrogens is 190 g/mol. The van der Waals surface area contributed by atoms with Crippen LogP contribution >= 0.6 is 0 Å². The van der Waals surface area contributed by atoms with Crippen molar-refractivity contribution >= 4 is 6.29 Å². The van der Waals surface area contributed by atoms with Gasteiger partial charge in [0.05, 0.1) is 0 Å². The lowest BCUT2D eigenvalue weighted by Crippen LogP contribution is -2.27. The molecule has 15 heavy (non-hydrogen) atoms. The molecule has 0 spiro atoms. The number of imidazole rings is 1. The second-order valence-electron chi connectivity index (χ2n) is 4.14. The minimum Gasteiger partial charge on any atom is -0.340 e. The third kappa shape index (κ3) is 2.89. The van der Waals surface area contributed by atoms with Crippen LogP contribution in [0.3, 0.4) is 0 Å². The summed E-state index contributed by atoms with van der Waals surface area (Å²) in [4.78, 5) is 17.4. The summed E-state index contributed by atoms with van der Waals surface area (Å²) in [6, 6.07) is 0. The molecular formula is C11H17N3O. The van der Waals surface area contributed by atoms with Gasteiger partial charge in [0.15, 0.2) is 12.1 Å². The second-order valence-corrected chi connectivity index (χ2v) is 4.14. The van der Waals surface area contributed by atoms with Gasteiger partial charge in [0.1, 0.15) is 0 Å². The predicted molar refractivity (Wildman–Crippen MR) is 57.9 cm³/mol. The number of nitrogens with zero attached hydrogens (tertiary/aromatic N) is 1. The first-order valence-electron chi connectivity index (χ1n) is 5.58. The van der Waals surface area contributed by atoms with Crippen molar-refractivity contribution in [3.8, 4) is 0 Å². The Morgan fingerprint density at radius 2 is 2.27 bits per heavy atom. The first kappa shape index (κ1) is 10.4. The van der Waals surface area contributed by atoms with Crippen molar-refractivity contribution < 1.29 is 4.79 Å². The number of hydrogen-bond donors (Lipinski definition) is 2. The van der Waals surface area contributed by atoms with Crippen molar-refractivity contribution in [1.29, 1.82) is 0 Å². The van der Waals surface area contributed by atoms with Crippen LogP contribution in [0.2, 0.25) is 0 Å². The maximum absolute atomic E-state index is 10.4. The Kier molecular flexibility index (Phi) is 3.50. The SMILES string of the molecule is O=Cc1ncc(CCC2CCNCC2)[nH]1. The molecule has 0 amide bonds. The van der Waals surface area contributed by atoms with Gasteiger partial charge in [0.25, 0.3) is 0 Å². The second kappa shape index (κ2) is 5.07. The summed E-state index contributed by atoms with van der Waals surface area (Å²) in [6.45, 7) is 2.29. The van der Waals surface area contributed by atoms with Gasteiger partial charge in [0.2, 0.25) is 0 Å². The van der Waals surface area contributed by atoms with Gasteiger partial charge in [-0.05, 0) is 44.7 Å². The van der Waals surface area contributed by atoms with E-state index in [-0.39, 0.29) is 0 Å². The Morgan fingerprint density at radius 3 is 2.93 bits per heavy atom. The third-order valence-electron chi connectivity index (χ3n) is 3.04. The molecule has 0 aromatic carbocycles. The van der Waals surface area contributed by atoms with E-state index in [0.717, 1.165) is 37.4 Å². The smallest absolute Gasteiger partial charge is 0.185 e. The molecule has 1 saturated heterocycles. The summed E-state index contributed by atoms with van der Waals surface area (Å²) < 4.78 is 0. The molecule has 0 saturated carbocycles. The van der Waals surface area contributed by atoms with E-state index in [4.69, 9.17) is 0 Å². The maximum Gasteiger partial charge on any atom is 0.185 e. The van der Waals surface area contributed by atoms with E-state index in [1.54, 1.807) is 6.20 Å². The van der Waals surface area contributed by atoms with Crippen LogP contribution in [-0.2, 0) is 6.42 Å². The van der Waals surface area contributed by atoms with Crippen molar-refractivity contribution in [2.75, 3.05) is 13.1 Å². The van der Waals surface area contributed by atoms with Crippen LogP contribution in [-0.4, -0.2) is 29.3 Å². The van der Waals surface area contributed by atoms with Gasteiger partial charge in [0, 0.05) is 11.9 Å². The molecule has 1 aliphatic heterocycles. The number of aromatic amines is 1. The molecule has 2 N–H and O–H groups in total. The molecule has 2 rings (SSSR count). The maximum atomic E-state index is 10.4. The zero-order valence-electron chi connectivity index (χ0n) is 8.83. The Morgan fingerprint density at radius 1 is 1.47 bits per heavy atom. The molecule has 0 atom stereocenters. The standard InChI is InChI=1S/C11H17N3O/c15-8-11-13-7-10(14-11)2-1-9-3-5-12-6-4-9/h7-9,12H,1-6H2,(H,13,14). The van der Waals surface area contributed by atoms with Crippen LogP contribution in [0.4, 0.5) is 0 Å². The van der Waals surface area contributed by atoms with E-state index in [2.05, 4.69) is 15.3 Å². The molecule has 1 aromatic rings. The van der Waals surface area contributed by atoms with Gasteiger partial charge in [-0.2, -0.15) is 0 Å². The first-order chi connectivity index (χ1) is 7.38. The summed E-state index contributed by atoms with van der Waals surface area (Å²) in [7, 11) is 0. The quantitative estimate of drug-likeness (QED) is 0.728. The highest BCUT2D eigenvalue weighted by atomic mass is 16.1. The normalized spacial score (nSPS) is 17.9. The number of aldehydes is 1. The number of piperidine rings is 1. The fourth-order valence-electron chi connectivity index (χ4n) is 2.09. The minimum atomic E-state index is 0.440. The van der Waals surface area contributed by atoms with Crippen LogP contribution in [0.15, 0.2) is 6.20 Å². The summed E-state index contributed by atoms with van der Waals surface area (Å²) >= 11 is 0. The van der Waals surface area contributed by atoms with Crippen molar-refractivity contribution in [3.63, 3.8) is 0 Å². The van der Waals surface area contributed by atoms with Crippen LogP contribution in [0, 0.1) is 5.92 Å². The van der Waals surface area contributed by atoms with Gasteiger partial charge >= 0.3 is 0 Å². The molecule has 1 fully saturated rings. The number of carbonyl (C=O) groups excluding carboxylic acids is 1. The summed E-state index contributed by atoms with van der Waals surface area (Å²) in [5.41, 5.74) is 1.08. The molecule has 0 radical (unpaired) electrons. The summed E-state index contributed by atoms with van der Waals surface area (Å²) in [5.74, 6) is 1.27. The van der Waals surface area contributed by atoms with E-state index in [1.807, 2.05) is 0 Å². The summed E-state index contributed by atoms with van der Waals surface area (Å²) in [6.07, 6.45) is 7.27. The van der Waals surface area contributed by atoms with E-state index in [0.29, 0.717) is 5.82 Å². The largest absolute Gasteiger partial charge is 0.340 e. The van der Waals surface area contributed by atoms with Gasteiger partial charge in [-0.15, -0.1) is 0 Å². The predicted octanol–water partition coefficient (Wildman–Crippen LogP) is 1.15. The number of aryl methyl sites for hydroxylation is 1. The molecule has 4 nitrogen and oxygen atoms in total. The Hall–Kier alpha value is -1.16. The first-order valence-corrected chi connectivity index (χ1v) is 5.58. The van der Waals surface area contributed by atoms with Crippen LogP contribution in [0.1, 0.15) is 35.6 Å². The summed E-state index contributed by atoms with van der Waals surface area (Å²) in [5, 5.41) is 3.36. The number of carbonyl (C=O) groups is 1. The van der Waals surface area contributed by atoms with Crippen LogP contribution in [0.5, 0.6) is 0 Å². The fourth-order valence-corrected chi connectivity index (χ4v) is 2.09. The van der Waals surface area contributed by atoms with Crippen LogP contribution in [0.25, 0.3) is 0 Å². The molecule has 0 aliphatic carbocycles. The lowest BCUT2D eigenvalue weighted by atomic mass is 9.93. The average Bonchev–Trinajstić information content (AvgIpc) is 2.76. The third-order valence-corrected chi connectivity index (χ3v) is 3.04. The molecule has 1 aromatic heterocycles. The van der Waals surface area contributed by atoms with E-state index >= 15 is 0 Å². The number of H-pyrrole nitrogens is 1. The molecule has 82 valence electrons. The van der Waals surface area contributed by atoms with Gasteiger partial charge in [-0.3, -0.25) is 4.79 Å². The van der Waals surface area contributed by atoms with Gasteiger partial charge in [-0.1, -0.05) is 0 Å². The lowest BCUT2D eigenvalue weighted by molar-refractivity contribution is 0.111. The van der Waals surface area contributed by atoms with Crippen molar-refractivity contribution in [1.82, 2.24) is 15.3 Å². The highest BCUT2D eigenvalue weighted by Crippen LogP contribution is 2.17. The van der Waals surface area contributed by atoms with E-state index < -0.39 is 0 Å². The monoisotopic (exact) mass is 207 g/mol. The lowest BCUT2D eigenvalue weighted by Gasteiger charge is -2.21. The zero-order valence-corrected chi connectivity index (χ0v) is 8.83. The fraction of sp³-hybridized carbons (Fsp3) is 0.636. The van der Waals surface area contributed by atoms with Crippen molar-refractivity contribution in [3.05, 3.63) is 17.7 Å². The van der Waals surface area contributed by atoms with E-state index in [1.165, 1.54) is 19.3 Å². The highest BCUT2D eigenvalue weighted by Gasteiger charge is 2.13. The molecule has 4 heteroatoms. The van der Waals surface area contributed by atoms with Crippen molar-refractivity contribution in [2.24, 2.45) is 5.92 Å². The Balaban J connectivity index is 1.79. The number of nitrogens with one attached hydrogen (secondary N) is 2. The van der Waals surface area contributed by atoms with E-state index in [9.17, 15) is 4.79 Å². The zero-order chi connectivity index (χ0) is 10.5. The number of hydrogen-bond acceptors (Lipinski definition) is 3. The molecule has 0 unspecified atom stereocenters. The molecule has 2 heterocycles. The average molecular weight is 207 g/mol.